The van der Waals surface area contributed by atoms with Gasteiger partial charge in [-0.3, -0.25) is 4.79 Å². The Balaban J connectivity index is 2.47. The Hall–Kier alpha value is -2.50. The number of rotatable bonds is 5. The number of carbonyl (C=O) groups excluding carboxylic acids is 1. The van der Waals surface area contributed by atoms with Gasteiger partial charge in [-0.25, -0.2) is 4.98 Å². The van der Waals surface area contributed by atoms with Crippen molar-refractivity contribution in [2.45, 2.75) is 26.8 Å². The van der Waals surface area contributed by atoms with E-state index in [0.717, 1.165) is 11.4 Å². The third kappa shape index (κ3) is 3.69. The van der Waals surface area contributed by atoms with E-state index in [9.17, 15) is 4.79 Å². The van der Waals surface area contributed by atoms with Gasteiger partial charge in [-0.1, -0.05) is 26.8 Å². The molecule has 1 atom stereocenters. The summed E-state index contributed by atoms with van der Waals surface area (Å²) in [5.41, 5.74) is 0.375. The number of ether oxygens (including phenoxy) is 2. The Morgan fingerprint density at radius 2 is 1.88 bits per heavy atom. The first kappa shape index (κ1) is 17.8. The minimum atomic E-state index is -0.500. The molecule has 2 aromatic rings. The monoisotopic (exact) mass is 331 g/mol. The lowest BCUT2D eigenvalue weighted by molar-refractivity contribution is -0.129. The number of carbonyl (C=O) groups is 1. The quantitative estimate of drug-likeness (QED) is 0.915. The maximum absolute atomic E-state index is 12.5. The van der Waals surface area contributed by atoms with Crippen LogP contribution >= 0.6 is 0 Å². The second-order valence-electron chi connectivity index (χ2n) is 6.67. The number of amides is 1. The minimum Gasteiger partial charge on any atom is -0.493 e. The summed E-state index contributed by atoms with van der Waals surface area (Å²) in [5.74, 6) is 1.95. The van der Waals surface area contributed by atoms with Gasteiger partial charge in [0.25, 0.3) is 0 Å². The Morgan fingerprint density at radius 1 is 1.21 bits per heavy atom. The summed E-state index contributed by atoms with van der Waals surface area (Å²) in [7, 11) is 5.08. The fourth-order valence-electron chi connectivity index (χ4n) is 2.33. The highest BCUT2D eigenvalue weighted by Crippen LogP contribution is 2.32. The maximum atomic E-state index is 12.5. The van der Waals surface area contributed by atoms with Crippen molar-refractivity contribution in [1.29, 1.82) is 0 Å². The summed E-state index contributed by atoms with van der Waals surface area (Å²) < 4.78 is 12.6. The van der Waals surface area contributed by atoms with E-state index in [1.165, 1.54) is 0 Å². The average molecular weight is 331 g/mol. The van der Waals surface area contributed by atoms with Gasteiger partial charge in [0.2, 0.25) is 5.91 Å². The Kier molecular flexibility index (Phi) is 5.17. The highest BCUT2D eigenvalue weighted by molar-refractivity contribution is 5.82. The van der Waals surface area contributed by atoms with Crippen molar-refractivity contribution in [1.82, 2.24) is 14.9 Å². The number of aromatic nitrogens is 2. The van der Waals surface area contributed by atoms with Gasteiger partial charge in [-0.15, -0.1) is 0 Å². The molecule has 1 aromatic heterocycles. The summed E-state index contributed by atoms with van der Waals surface area (Å²) in [6, 6.07) is 5.22. The lowest BCUT2D eigenvalue weighted by Crippen LogP contribution is -2.38. The van der Waals surface area contributed by atoms with Crippen molar-refractivity contribution in [3.8, 4) is 11.5 Å². The number of hydrogen-bond donors (Lipinski definition) is 1. The van der Waals surface area contributed by atoms with Crippen LogP contribution in [-0.2, 0) is 11.8 Å². The maximum Gasteiger partial charge on any atom is 0.226 e. The van der Waals surface area contributed by atoms with E-state index in [0.29, 0.717) is 11.5 Å². The van der Waals surface area contributed by atoms with E-state index in [-0.39, 0.29) is 11.9 Å². The van der Waals surface area contributed by atoms with E-state index in [2.05, 4.69) is 10.3 Å². The third-order valence-electron chi connectivity index (χ3n) is 3.81. The molecule has 1 N–H and O–H groups in total. The summed E-state index contributed by atoms with van der Waals surface area (Å²) in [4.78, 5) is 16.9. The molecule has 130 valence electrons. The zero-order valence-electron chi connectivity index (χ0n) is 15.1. The highest BCUT2D eigenvalue weighted by Gasteiger charge is 2.28. The molecule has 0 saturated carbocycles. The number of imidazole rings is 1. The van der Waals surface area contributed by atoms with Crippen molar-refractivity contribution in [2.24, 2.45) is 12.5 Å². The Bertz CT molecular complexity index is 717. The zero-order chi connectivity index (χ0) is 17.9. The van der Waals surface area contributed by atoms with Crippen LogP contribution < -0.4 is 14.8 Å². The van der Waals surface area contributed by atoms with Gasteiger partial charge in [0.1, 0.15) is 11.9 Å². The average Bonchev–Trinajstić information content (AvgIpc) is 2.96. The highest BCUT2D eigenvalue weighted by atomic mass is 16.5. The van der Waals surface area contributed by atoms with E-state index >= 15 is 0 Å². The molecule has 1 aromatic carbocycles. The summed E-state index contributed by atoms with van der Waals surface area (Å²) >= 11 is 0. The predicted molar refractivity (Wildman–Crippen MR) is 92.2 cm³/mol. The molecule has 2 rings (SSSR count). The number of nitrogens with zero attached hydrogens (tertiary/aromatic N) is 2. The second-order valence-corrected chi connectivity index (χ2v) is 6.67. The van der Waals surface area contributed by atoms with Crippen molar-refractivity contribution in [2.75, 3.05) is 14.2 Å². The van der Waals surface area contributed by atoms with E-state index in [1.54, 1.807) is 20.4 Å². The summed E-state index contributed by atoms with van der Waals surface area (Å²) in [5, 5.41) is 3.09. The second kappa shape index (κ2) is 6.95. The third-order valence-corrected chi connectivity index (χ3v) is 3.81. The molecule has 6 heteroatoms. The predicted octanol–water partition coefficient (Wildman–Crippen LogP) is 2.69. The summed E-state index contributed by atoms with van der Waals surface area (Å²) in [6.07, 6.45) is 3.57. The van der Waals surface area contributed by atoms with Crippen molar-refractivity contribution in [3.63, 3.8) is 0 Å². The fourth-order valence-corrected chi connectivity index (χ4v) is 2.33. The van der Waals surface area contributed by atoms with E-state index in [4.69, 9.17) is 9.47 Å². The first-order valence-electron chi connectivity index (χ1n) is 7.78. The van der Waals surface area contributed by atoms with Gasteiger partial charge in [-0.2, -0.15) is 0 Å². The van der Waals surface area contributed by atoms with E-state index in [1.807, 2.05) is 56.8 Å². The van der Waals surface area contributed by atoms with Gasteiger partial charge in [0, 0.05) is 24.9 Å². The van der Waals surface area contributed by atoms with Crippen LogP contribution in [0.2, 0.25) is 0 Å². The molecule has 0 radical (unpaired) electrons. The Morgan fingerprint density at radius 3 is 2.38 bits per heavy atom. The molecule has 0 saturated heterocycles. The standard InChI is InChI=1S/C18H25N3O3/c1-18(2,3)17(22)20-15(16-19-9-10-21(16)4)12-7-8-13(23-5)14(11-12)24-6/h7-11,15H,1-6H3,(H,20,22). The number of benzene rings is 1. The molecule has 0 aliphatic heterocycles. The number of aryl methyl sites for hydroxylation is 1. The molecular formula is C18H25N3O3. The van der Waals surface area contributed by atoms with Crippen LogP contribution in [0.4, 0.5) is 0 Å². The fraction of sp³-hybridized carbons (Fsp3) is 0.444. The normalized spacial score (nSPS) is 12.6. The molecule has 1 amide bonds. The number of methoxy groups -OCH3 is 2. The first-order valence-corrected chi connectivity index (χ1v) is 7.78. The zero-order valence-corrected chi connectivity index (χ0v) is 15.1. The van der Waals surface area contributed by atoms with Crippen LogP contribution in [0.5, 0.6) is 11.5 Å². The lowest BCUT2D eigenvalue weighted by Gasteiger charge is -2.25. The molecule has 0 aliphatic rings. The van der Waals surface area contributed by atoms with Crippen LogP contribution in [0.15, 0.2) is 30.6 Å². The topological polar surface area (TPSA) is 65.4 Å². The first-order chi connectivity index (χ1) is 11.3. The van der Waals surface area contributed by atoms with Gasteiger partial charge >= 0.3 is 0 Å². The van der Waals surface area contributed by atoms with Crippen molar-refractivity contribution >= 4 is 5.91 Å². The smallest absolute Gasteiger partial charge is 0.226 e. The Labute approximate surface area is 142 Å². The summed E-state index contributed by atoms with van der Waals surface area (Å²) in [6.45, 7) is 5.64. The van der Waals surface area contributed by atoms with Crippen LogP contribution in [0, 0.1) is 5.41 Å². The molecule has 0 fully saturated rings. The SMILES string of the molecule is COc1ccc(C(NC(=O)C(C)(C)C)c2nccn2C)cc1OC. The molecule has 0 bridgehead atoms. The van der Waals surface area contributed by atoms with Crippen molar-refractivity contribution < 1.29 is 14.3 Å². The largest absolute Gasteiger partial charge is 0.493 e. The number of nitrogens with one attached hydrogen (secondary N) is 1. The lowest BCUT2D eigenvalue weighted by atomic mass is 9.94. The minimum absolute atomic E-state index is 0.0507. The van der Waals surface area contributed by atoms with Crippen molar-refractivity contribution in [3.05, 3.63) is 42.0 Å². The van der Waals surface area contributed by atoms with Crippen LogP contribution in [-0.4, -0.2) is 29.7 Å². The molecular weight excluding hydrogens is 306 g/mol. The van der Waals surface area contributed by atoms with Crippen LogP contribution in [0.3, 0.4) is 0 Å². The molecule has 24 heavy (non-hydrogen) atoms. The van der Waals surface area contributed by atoms with Crippen LogP contribution in [0.25, 0.3) is 0 Å². The van der Waals surface area contributed by atoms with Gasteiger partial charge in [0.05, 0.1) is 14.2 Å². The van der Waals surface area contributed by atoms with E-state index < -0.39 is 5.41 Å². The molecule has 0 aliphatic carbocycles. The molecule has 1 unspecified atom stereocenters. The molecule has 1 heterocycles. The molecule has 0 spiro atoms. The van der Waals surface area contributed by atoms with Gasteiger partial charge in [0.15, 0.2) is 11.5 Å². The molecule has 6 nitrogen and oxygen atoms in total. The van der Waals surface area contributed by atoms with Gasteiger partial charge < -0.3 is 19.4 Å². The van der Waals surface area contributed by atoms with Gasteiger partial charge in [-0.05, 0) is 17.7 Å². The van der Waals surface area contributed by atoms with Crippen LogP contribution in [0.1, 0.15) is 38.2 Å². The number of hydrogen-bond acceptors (Lipinski definition) is 4.